The van der Waals surface area contributed by atoms with Gasteiger partial charge in [0.05, 0.1) is 5.69 Å². The van der Waals surface area contributed by atoms with Gasteiger partial charge in [-0.2, -0.15) is 0 Å². The topological polar surface area (TPSA) is 86.3 Å². The highest BCUT2D eigenvalue weighted by molar-refractivity contribution is 5.92. The molecule has 6 nitrogen and oxygen atoms in total. The van der Waals surface area contributed by atoms with Crippen molar-refractivity contribution >= 4 is 17.6 Å². The van der Waals surface area contributed by atoms with Crippen molar-refractivity contribution in [1.82, 2.24) is 9.88 Å². The van der Waals surface area contributed by atoms with E-state index in [-0.39, 0.29) is 11.9 Å². The Balaban J connectivity index is 1.93. The van der Waals surface area contributed by atoms with Gasteiger partial charge < -0.3 is 20.4 Å². The molecule has 0 radical (unpaired) electrons. The molecule has 0 bridgehead atoms. The Morgan fingerprint density at radius 2 is 2.14 bits per heavy atom. The summed E-state index contributed by atoms with van der Waals surface area (Å²) < 4.78 is 6.94. The molecule has 0 aliphatic heterocycles. The van der Waals surface area contributed by atoms with Crippen LogP contribution in [0.15, 0.2) is 12.3 Å². The first-order chi connectivity index (χ1) is 10.0. The fourth-order valence-electron chi connectivity index (χ4n) is 2.63. The first-order valence-corrected chi connectivity index (χ1v) is 7.48. The Bertz CT molecular complexity index is 518. The van der Waals surface area contributed by atoms with Crippen molar-refractivity contribution in [3.63, 3.8) is 0 Å². The summed E-state index contributed by atoms with van der Waals surface area (Å²) in [5, 5.41) is 2.92. The smallest absolute Gasteiger partial charge is 0.355 e. The maximum Gasteiger partial charge on any atom is 0.355 e. The molecular formula is C15H23N3O3. The molecule has 1 aromatic rings. The second-order valence-electron chi connectivity index (χ2n) is 5.48. The molecule has 2 rings (SSSR count). The lowest BCUT2D eigenvalue weighted by atomic mass is 10.2. The SMILES string of the molecule is CCn1cc(N)cc1C(=O)OC(C)C(=O)NC1CCCC1. The van der Waals surface area contributed by atoms with Crippen LogP contribution in [0.4, 0.5) is 5.69 Å². The van der Waals surface area contributed by atoms with Crippen molar-refractivity contribution in [2.24, 2.45) is 0 Å². The summed E-state index contributed by atoms with van der Waals surface area (Å²) in [4.78, 5) is 24.1. The summed E-state index contributed by atoms with van der Waals surface area (Å²) in [5.41, 5.74) is 6.56. The van der Waals surface area contributed by atoms with Gasteiger partial charge in [-0.25, -0.2) is 4.79 Å². The van der Waals surface area contributed by atoms with Gasteiger partial charge in [0.2, 0.25) is 0 Å². The first-order valence-electron chi connectivity index (χ1n) is 7.48. The molecule has 6 heteroatoms. The Morgan fingerprint density at radius 1 is 1.48 bits per heavy atom. The Kier molecular flexibility index (Phi) is 4.88. The number of nitrogens with zero attached hydrogens (tertiary/aromatic N) is 1. The molecule has 3 N–H and O–H groups in total. The number of hydrogen-bond donors (Lipinski definition) is 2. The second kappa shape index (κ2) is 6.65. The molecule has 1 atom stereocenters. The second-order valence-corrected chi connectivity index (χ2v) is 5.48. The van der Waals surface area contributed by atoms with E-state index in [1.807, 2.05) is 6.92 Å². The average molecular weight is 293 g/mol. The number of anilines is 1. The Morgan fingerprint density at radius 3 is 2.76 bits per heavy atom. The van der Waals surface area contributed by atoms with E-state index in [1.165, 1.54) is 0 Å². The molecular weight excluding hydrogens is 270 g/mol. The summed E-state index contributed by atoms with van der Waals surface area (Å²) in [6.07, 6.45) is 5.16. The highest BCUT2D eigenvalue weighted by Crippen LogP contribution is 2.18. The van der Waals surface area contributed by atoms with Crippen molar-refractivity contribution in [1.29, 1.82) is 0 Å². The third-order valence-corrected chi connectivity index (χ3v) is 3.82. The summed E-state index contributed by atoms with van der Waals surface area (Å²) >= 11 is 0. The molecule has 1 amide bonds. The number of esters is 1. The monoisotopic (exact) mass is 293 g/mol. The Labute approximate surface area is 124 Å². The van der Waals surface area contributed by atoms with Gasteiger partial charge in [-0.05, 0) is 32.8 Å². The molecule has 1 aliphatic carbocycles. The van der Waals surface area contributed by atoms with E-state index < -0.39 is 12.1 Å². The highest BCUT2D eigenvalue weighted by atomic mass is 16.5. The van der Waals surface area contributed by atoms with Crippen molar-refractivity contribution in [2.75, 3.05) is 5.73 Å². The van der Waals surface area contributed by atoms with Gasteiger partial charge in [-0.1, -0.05) is 12.8 Å². The van der Waals surface area contributed by atoms with E-state index in [1.54, 1.807) is 23.8 Å². The van der Waals surface area contributed by atoms with E-state index in [9.17, 15) is 9.59 Å². The fraction of sp³-hybridized carbons (Fsp3) is 0.600. The van der Waals surface area contributed by atoms with Crippen LogP contribution in [0.5, 0.6) is 0 Å². The lowest BCUT2D eigenvalue weighted by molar-refractivity contribution is -0.129. The fourth-order valence-corrected chi connectivity index (χ4v) is 2.63. The van der Waals surface area contributed by atoms with Crippen molar-refractivity contribution in [3.8, 4) is 0 Å². The zero-order valence-corrected chi connectivity index (χ0v) is 12.6. The number of aryl methyl sites for hydroxylation is 1. The van der Waals surface area contributed by atoms with E-state index in [2.05, 4.69) is 5.32 Å². The Hall–Kier alpha value is -1.98. The van der Waals surface area contributed by atoms with Crippen LogP contribution >= 0.6 is 0 Å². The third kappa shape index (κ3) is 3.77. The van der Waals surface area contributed by atoms with Crippen LogP contribution in [-0.2, 0) is 16.1 Å². The summed E-state index contributed by atoms with van der Waals surface area (Å²) in [7, 11) is 0. The molecule has 1 aliphatic rings. The van der Waals surface area contributed by atoms with E-state index in [4.69, 9.17) is 10.5 Å². The van der Waals surface area contributed by atoms with Gasteiger partial charge >= 0.3 is 5.97 Å². The summed E-state index contributed by atoms with van der Waals surface area (Å²) in [5.74, 6) is -0.763. The summed E-state index contributed by atoms with van der Waals surface area (Å²) in [6, 6.07) is 1.78. The predicted molar refractivity (Wildman–Crippen MR) is 79.8 cm³/mol. The quantitative estimate of drug-likeness (QED) is 0.809. The van der Waals surface area contributed by atoms with Crippen LogP contribution in [-0.4, -0.2) is 28.6 Å². The molecule has 116 valence electrons. The minimum Gasteiger partial charge on any atom is -0.448 e. The maximum absolute atomic E-state index is 12.1. The number of ether oxygens (including phenoxy) is 1. The van der Waals surface area contributed by atoms with Crippen LogP contribution in [0.2, 0.25) is 0 Å². The molecule has 1 aromatic heterocycles. The van der Waals surface area contributed by atoms with Crippen molar-refractivity contribution in [3.05, 3.63) is 18.0 Å². The van der Waals surface area contributed by atoms with Gasteiger partial charge in [0.15, 0.2) is 6.10 Å². The summed E-state index contributed by atoms with van der Waals surface area (Å²) in [6.45, 7) is 4.11. The predicted octanol–water partition coefficient (Wildman–Crippen LogP) is 1.69. The normalized spacial score (nSPS) is 16.7. The zero-order chi connectivity index (χ0) is 15.4. The molecule has 21 heavy (non-hydrogen) atoms. The van der Waals surface area contributed by atoms with Crippen LogP contribution in [0.3, 0.4) is 0 Å². The molecule has 0 saturated heterocycles. The number of nitrogen functional groups attached to an aromatic ring is 1. The zero-order valence-electron chi connectivity index (χ0n) is 12.6. The minimum absolute atomic E-state index is 0.216. The largest absolute Gasteiger partial charge is 0.448 e. The molecule has 1 saturated carbocycles. The van der Waals surface area contributed by atoms with Gasteiger partial charge in [-0.3, -0.25) is 4.79 Å². The number of nitrogens with one attached hydrogen (secondary N) is 1. The third-order valence-electron chi connectivity index (χ3n) is 3.82. The van der Waals surface area contributed by atoms with Crippen LogP contribution in [0.25, 0.3) is 0 Å². The van der Waals surface area contributed by atoms with Gasteiger partial charge in [0.1, 0.15) is 5.69 Å². The molecule has 0 spiro atoms. The minimum atomic E-state index is -0.806. The molecule has 1 fully saturated rings. The van der Waals surface area contributed by atoms with Crippen molar-refractivity contribution in [2.45, 2.75) is 58.2 Å². The van der Waals surface area contributed by atoms with E-state index >= 15 is 0 Å². The number of rotatable bonds is 5. The molecule has 1 heterocycles. The van der Waals surface area contributed by atoms with Gasteiger partial charge in [0.25, 0.3) is 5.91 Å². The number of amides is 1. The average Bonchev–Trinajstić information content (AvgIpc) is 3.07. The van der Waals surface area contributed by atoms with E-state index in [0.29, 0.717) is 17.9 Å². The molecule has 1 unspecified atom stereocenters. The number of carbonyl (C=O) groups is 2. The number of aromatic nitrogens is 1. The lowest BCUT2D eigenvalue weighted by Gasteiger charge is -2.17. The first kappa shape index (κ1) is 15.4. The lowest BCUT2D eigenvalue weighted by Crippen LogP contribution is -2.41. The van der Waals surface area contributed by atoms with Crippen LogP contribution < -0.4 is 11.1 Å². The number of nitrogens with two attached hydrogens (primary N) is 1. The van der Waals surface area contributed by atoms with E-state index in [0.717, 1.165) is 25.7 Å². The van der Waals surface area contributed by atoms with Crippen molar-refractivity contribution < 1.29 is 14.3 Å². The number of hydrogen-bond acceptors (Lipinski definition) is 4. The van der Waals surface area contributed by atoms with Gasteiger partial charge in [-0.15, -0.1) is 0 Å². The number of carbonyl (C=O) groups excluding carboxylic acids is 2. The van der Waals surface area contributed by atoms with Crippen LogP contribution in [0.1, 0.15) is 50.0 Å². The van der Waals surface area contributed by atoms with Gasteiger partial charge in [0, 0.05) is 18.8 Å². The highest BCUT2D eigenvalue weighted by Gasteiger charge is 2.24. The molecule has 0 aromatic carbocycles. The maximum atomic E-state index is 12.1. The standard InChI is InChI=1S/C15H23N3O3/c1-3-18-9-11(16)8-13(18)15(20)21-10(2)14(19)17-12-6-4-5-7-12/h8-10,12H,3-7,16H2,1-2H3,(H,17,19). The van der Waals surface area contributed by atoms with Crippen LogP contribution in [0, 0.1) is 0 Å².